The molecule has 0 aliphatic carbocycles. The van der Waals surface area contributed by atoms with E-state index in [2.05, 4.69) is 11.7 Å². The number of aliphatic hydroxyl groups excluding tert-OH is 1. The molecule has 0 bridgehead atoms. The number of hydrogen-bond donors (Lipinski definition) is 1. The van der Waals surface area contributed by atoms with Crippen LogP contribution in [-0.2, 0) is 9.59 Å². The number of benzene rings is 2. The molecule has 4 rings (SSSR count). The summed E-state index contributed by atoms with van der Waals surface area (Å²) >= 11 is 0. The number of hydrogen-bond acceptors (Lipinski definition) is 7. The fourth-order valence-electron chi connectivity index (χ4n) is 3.68. The van der Waals surface area contributed by atoms with Crippen molar-refractivity contribution < 1.29 is 28.7 Å². The number of aryl methyl sites for hydroxylation is 1. The van der Waals surface area contributed by atoms with Crippen LogP contribution in [0.3, 0.4) is 0 Å². The highest BCUT2D eigenvalue weighted by molar-refractivity contribution is 6.51. The molecule has 0 saturated carbocycles. The van der Waals surface area contributed by atoms with Crippen molar-refractivity contribution in [3.8, 4) is 11.5 Å². The molecule has 1 fully saturated rings. The fraction of sp³-hybridized carbons (Fsp3) is 0.160. The summed E-state index contributed by atoms with van der Waals surface area (Å²) in [6.45, 7) is 5.61. The van der Waals surface area contributed by atoms with Gasteiger partial charge in [-0.2, -0.15) is 0 Å². The highest BCUT2D eigenvalue weighted by Crippen LogP contribution is 2.42. The number of carbonyl (C=O) groups excluding carboxylic acids is 2. The van der Waals surface area contributed by atoms with E-state index >= 15 is 0 Å². The van der Waals surface area contributed by atoms with Gasteiger partial charge in [-0.1, -0.05) is 29.9 Å². The van der Waals surface area contributed by atoms with Gasteiger partial charge in [-0.15, -0.1) is 0 Å². The summed E-state index contributed by atoms with van der Waals surface area (Å²) < 4.78 is 15.9. The number of aliphatic hydroxyl groups is 1. The molecule has 1 aliphatic rings. The summed E-state index contributed by atoms with van der Waals surface area (Å²) in [5, 5.41) is 15.1. The van der Waals surface area contributed by atoms with Crippen LogP contribution in [0.25, 0.3) is 5.76 Å². The van der Waals surface area contributed by atoms with Crippen LogP contribution in [0.1, 0.15) is 22.9 Å². The van der Waals surface area contributed by atoms with Crippen molar-refractivity contribution in [1.29, 1.82) is 0 Å². The second kappa shape index (κ2) is 9.04. The van der Waals surface area contributed by atoms with Crippen LogP contribution in [0.5, 0.6) is 11.5 Å². The highest BCUT2D eigenvalue weighted by atomic mass is 16.5. The zero-order valence-corrected chi connectivity index (χ0v) is 18.1. The summed E-state index contributed by atoms with van der Waals surface area (Å²) in [7, 11) is 1.53. The Morgan fingerprint density at radius 3 is 2.58 bits per heavy atom. The number of anilines is 1. The predicted molar refractivity (Wildman–Crippen MR) is 121 cm³/mol. The molecular formula is C25H22N2O6. The molecule has 0 radical (unpaired) electrons. The Morgan fingerprint density at radius 2 is 1.94 bits per heavy atom. The zero-order valence-electron chi connectivity index (χ0n) is 18.1. The van der Waals surface area contributed by atoms with E-state index in [4.69, 9.17) is 14.0 Å². The minimum Gasteiger partial charge on any atom is -0.507 e. The molecule has 0 unspecified atom stereocenters. The van der Waals surface area contributed by atoms with Gasteiger partial charge < -0.3 is 19.1 Å². The van der Waals surface area contributed by atoms with E-state index < -0.39 is 17.7 Å². The zero-order chi connectivity index (χ0) is 23.5. The highest BCUT2D eigenvalue weighted by Gasteiger charge is 2.48. The molecule has 8 nitrogen and oxygen atoms in total. The smallest absolute Gasteiger partial charge is 0.301 e. The van der Waals surface area contributed by atoms with E-state index in [9.17, 15) is 14.7 Å². The molecule has 1 aliphatic heterocycles. The van der Waals surface area contributed by atoms with Crippen LogP contribution in [0.2, 0.25) is 0 Å². The minimum absolute atomic E-state index is 0.0632. The first-order chi connectivity index (χ1) is 15.9. The van der Waals surface area contributed by atoms with Gasteiger partial charge in [-0.05, 0) is 48.9 Å². The van der Waals surface area contributed by atoms with Gasteiger partial charge in [0.15, 0.2) is 5.82 Å². The van der Waals surface area contributed by atoms with Crippen LogP contribution in [0, 0.1) is 6.92 Å². The Bertz CT molecular complexity index is 1240. The van der Waals surface area contributed by atoms with Gasteiger partial charge in [0, 0.05) is 11.6 Å². The second-order valence-electron chi connectivity index (χ2n) is 7.37. The SMILES string of the molecule is C=CCOc1cccc([C@@H]2/C(=C(\O)c3ccc(OC)cc3)C(=O)C(=O)N2c2cc(C)on2)c1. The van der Waals surface area contributed by atoms with Gasteiger partial charge in [0.05, 0.1) is 18.7 Å². The second-order valence-corrected chi connectivity index (χ2v) is 7.37. The first kappa shape index (κ1) is 21.9. The molecule has 1 atom stereocenters. The first-order valence-electron chi connectivity index (χ1n) is 10.2. The lowest BCUT2D eigenvalue weighted by Gasteiger charge is -2.23. The van der Waals surface area contributed by atoms with Crippen LogP contribution in [0.4, 0.5) is 5.82 Å². The number of ketones is 1. The molecule has 1 N–H and O–H groups in total. The van der Waals surface area contributed by atoms with Crippen LogP contribution < -0.4 is 14.4 Å². The number of nitrogens with zero attached hydrogens (tertiary/aromatic N) is 2. The average molecular weight is 446 g/mol. The van der Waals surface area contributed by atoms with Crippen molar-refractivity contribution in [2.45, 2.75) is 13.0 Å². The minimum atomic E-state index is -0.941. The first-order valence-corrected chi connectivity index (χ1v) is 10.2. The van der Waals surface area contributed by atoms with Crippen LogP contribution in [-0.4, -0.2) is 35.7 Å². The maximum Gasteiger partial charge on any atom is 0.301 e. The van der Waals surface area contributed by atoms with E-state index in [1.54, 1.807) is 67.6 Å². The Labute approximate surface area is 190 Å². The number of ether oxygens (including phenoxy) is 2. The van der Waals surface area contributed by atoms with Crippen LogP contribution in [0.15, 0.2) is 77.3 Å². The largest absolute Gasteiger partial charge is 0.507 e. The molecule has 168 valence electrons. The molecule has 0 spiro atoms. The maximum absolute atomic E-state index is 13.1. The Morgan fingerprint density at radius 1 is 1.18 bits per heavy atom. The summed E-state index contributed by atoms with van der Waals surface area (Å²) in [4.78, 5) is 27.4. The normalized spacial score (nSPS) is 17.3. The lowest BCUT2D eigenvalue weighted by Crippen LogP contribution is -2.29. The van der Waals surface area contributed by atoms with E-state index in [0.29, 0.717) is 28.4 Å². The fourth-order valence-corrected chi connectivity index (χ4v) is 3.68. The molecular weight excluding hydrogens is 424 g/mol. The molecule has 1 amide bonds. The molecule has 2 aromatic carbocycles. The summed E-state index contributed by atoms with van der Waals surface area (Å²) in [6.07, 6.45) is 1.61. The molecule has 1 saturated heterocycles. The van der Waals surface area contributed by atoms with E-state index in [-0.39, 0.29) is 23.8 Å². The number of carbonyl (C=O) groups is 2. The van der Waals surface area contributed by atoms with Gasteiger partial charge in [0.25, 0.3) is 5.78 Å². The third-order valence-electron chi connectivity index (χ3n) is 5.21. The molecule has 8 heteroatoms. The van der Waals surface area contributed by atoms with Gasteiger partial charge in [-0.25, -0.2) is 0 Å². The average Bonchev–Trinajstić information content (AvgIpc) is 3.38. The lowest BCUT2D eigenvalue weighted by atomic mass is 9.95. The van der Waals surface area contributed by atoms with Gasteiger partial charge in [-0.3, -0.25) is 14.5 Å². The molecule has 3 aromatic rings. The number of rotatable bonds is 7. The Hall–Kier alpha value is -4.33. The standard InChI is InChI=1S/C25H22N2O6/c1-4-12-32-19-7-5-6-17(14-19)22-21(23(28)16-8-10-18(31-3)11-9-16)24(29)25(30)27(22)20-13-15(2)33-26-20/h4-11,13-14,22,28H,1,12H2,2-3H3/b23-21+/t22-/m1/s1. The topological polar surface area (TPSA) is 102 Å². The monoisotopic (exact) mass is 446 g/mol. The lowest BCUT2D eigenvalue weighted by molar-refractivity contribution is -0.132. The van der Waals surface area contributed by atoms with Crippen molar-refractivity contribution in [2.24, 2.45) is 0 Å². The van der Waals surface area contributed by atoms with Crippen molar-refractivity contribution in [3.63, 3.8) is 0 Å². The summed E-state index contributed by atoms with van der Waals surface area (Å²) in [5.74, 6) is -0.185. The van der Waals surface area contributed by atoms with E-state index in [0.717, 1.165) is 0 Å². The maximum atomic E-state index is 13.1. The van der Waals surface area contributed by atoms with Crippen LogP contribution >= 0.6 is 0 Å². The van der Waals surface area contributed by atoms with Gasteiger partial charge in [0.2, 0.25) is 0 Å². The van der Waals surface area contributed by atoms with Crippen molar-refractivity contribution in [2.75, 3.05) is 18.6 Å². The number of Topliss-reactive ketones (excluding diaryl/α,β-unsaturated/α-hetero) is 1. The quantitative estimate of drug-likeness (QED) is 0.251. The number of aromatic nitrogens is 1. The summed E-state index contributed by atoms with van der Waals surface area (Å²) in [5.41, 5.74) is 0.868. The molecule has 2 heterocycles. The van der Waals surface area contributed by atoms with E-state index in [1.165, 1.54) is 12.0 Å². The Kier molecular flexibility index (Phi) is 5.99. The third kappa shape index (κ3) is 4.10. The molecule has 33 heavy (non-hydrogen) atoms. The van der Waals surface area contributed by atoms with E-state index in [1.807, 2.05) is 0 Å². The number of methoxy groups -OCH3 is 1. The van der Waals surface area contributed by atoms with Gasteiger partial charge in [0.1, 0.15) is 29.6 Å². The van der Waals surface area contributed by atoms with Crippen molar-refractivity contribution in [3.05, 3.63) is 89.7 Å². The van der Waals surface area contributed by atoms with Crippen molar-refractivity contribution in [1.82, 2.24) is 5.16 Å². The number of amides is 1. The molecule has 1 aromatic heterocycles. The van der Waals surface area contributed by atoms with Gasteiger partial charge >= 0.3 is 5.91 Å². The Balaban J connectivity index is 1.89. The summed E-state index contributed by atoms with van der Waals surface area (Å²) in [6, 6.07) is 14.1. The predicted octanol–water partition coefficient (Wildman–Crippen LogP) is 4.18. The third-order valence-corrected chi connectivity index (χ3v) is 5.21. The van der Waals surface area contributed by atoms with Crippen molar-refractivity contribution >= 4 is 23.3 Å².